The van der Waals surface area contributed by atoms with Crippen LogP contribution in [0.4, 0.5) is 0 Å². The molecule has 0 saturated carbocycles. The van der Waals surface area contributed by atoms with E-state index < -0.39 is 11.6 Å². The highest BCUT2D eigenvalue weighted by Gasteiger charge is 2.30. The van der Waals surface area contributed by atoms with Crippen LogP contribution in [-0.4, -0.2) is 16.7 Å². The van der Waals surface area contributed by atoms with Gasteiger partial charge in [0.1, 0.15) is 0 Å². The van der Waals surface area contributed by atoms with Crippen LogP contribution in [0.5, 0.6) is 0 Å². The summed E-state index contributed by atoms with van der Waals surface area (Å²) in [4.78, 5) is 0. The van der Waals surface area contributed by atoms with Crippen molar-refractivity contribution >= 4 is 6.08 Å². The molecule has 3 N–H and O–H groups in total. The number of aliphatic hydroxyl groups excluding tert-OH is 1. The van der Waals surface area contributed by atoms with Gasteiger partial charge < -0.3 is 10.8 Å². The van der Waals surface area contributed by atoms with E-state index in [9.17, 15) is 5.11 Å². The maximum atomic E-state index is 9.59. The number of hydrogen-bond donors (Lipinski definition) is 2. The Morgan fingerprint density at radius 1 is 1.43 bits per heavy atom. The Morgan fingerprint density at radius 2 is 2.14 bits per heavy atom. The zero-order valence-electron chi connectivity index (χ0n) is 8.27. The Morgan fingerprint density at radius 3 is 2.86 bits per heavy atom. The van der Waals surface area contributed by atoms with E-state index in [0.717, 1.165) is 0 Å². The van der Waals surface area contributed by atoms with Crippen molar-refractivity contribution in [3.05, 3.63) is 41.5 Å². The highest BCUT2D eigenvalue weighted by molar-refractivity contribution is 5.59. The van der Waals surface area contributed by atoms with Gasteiger partial charge in [-0.05, 0) is 24.5 Å². The minimum Gasteiger partial charge on any atom is -0.391 e. The van der Waals surface area contributed by atoms with Crippen LogP contribution in [0.15, 0.2) is 30.3 Å². The van der Waals surface area contributed by atoms with Gasteiger partial charge in [-0.2, -0.15) is 0 Å². The first-order valence-electron chi connectivity index (χ1n) is 4.86. The van der Waals surface area contributed by atoms with Gasteiger partial charge >= 0.3 is 0 Å². The fourth-order valence-electron chi connectivity index (χ4n) is 1.78. The van der Waals surface area contributed by atoms with E-state index in [-0.39, 0.29) is 0 Å². The van der Waals surface area contributed by atoms with Crippen molar-refractivity contribution < 1.29 is 5.11 Å². The Kier molecular flexibility index (Phi) is 2.17. The molecule has 2 atom stereocenters. The van der Waals surface area contributed by atoms with E-state index in [4.69, 9.17) is 5.73 Å². The normalized spacial score (nSPS) is 27.1. The first-order chi connectivity index (χ1) is 6.62. The predicted molar refractivity (Wildman–Crippen MR) is 57.8 cm³/mol. The van der Waals surface area contributed by atoms with E-state index in [1.807, 2.05) is 24.3 Å². The SMILES string of the molecule is CC(O)C1(N)C=Cc2ccccc2C1. The summed E-state index contributed by atoms with van der Waals surface area (Å²) in [5.74, 6) is 0. The van der Waals surface area contributed by atoms with Crippen molar-refractivity contribution in [2.24, 2.45) is 5.73 Å². The first kappa shape index (κ1) is 9.44. The molecule has 74 valence electrons. The maximum Gasteiger partial charge on any atom is 0.0730 e. The second kappa shape index (κ2) is 3.23. The Labute approximate surface area is 84.1 Å². The number of hydrogen-bond acceptors (Lipinski definition) is 2. The number of fused-ring (bicyclic) bond motifs is 1. The van der Waals surface area contributed by atoms with E-state index in [1.54, 1.807) is 6.92 Å². The fraction of sp³-hybridized carbons (Fsp3) is 0.333. The second-order valence-corrected chi connectivity index (χ2v) is 4.00. The smallest absolute Gasteiger partial charge is 0.0730 e. The van der Waals surface area contributed by atoms with Gasteiger partial charge in [0, 0.05) is 0 Å². The van der Waals surface area contributed by atoms with Gasteiger partial charge in [0.15, 0.2) is 0 Å². The largest absolute Gasteiger partial charge is 0.391 e. The van der Waals surface area contributed by atoms with Crippen LogP contribution in [0.2, 0.25) is 0 Å². The molecule has 0 bridgehead atoms. The third kappa shape index (κ3) is 1.47. The molecule has 1 aromatic carbocycles. The highest BCUT2D eigenvalue weighted by atomic mass is 16.3. The molecule has 2 nitrogen and oxygen atoms in total. The van der Waals surface area contributed by atoms with Gasteiger partial charge in [0.05, 0.1) is 11.6 Å². The summed E-state index contributed by atoms with van der Waals surface area (Å²) in [5, 5.41) is 9.59. The van der Waals surface area contributed by atoms with Gasteiger partial charge in [-0.15, -0.1) is 0 Å². The van der Waals surface area contributed by atoms with Gasteiger partial charge in [-0.25, -0.2) is 0 Å². The predicted octanol–water partition coefficient (Wildman–Crippen LogP) is 1.33. The molecule has 2 rings (SSSR count). The summed E-state index contributed by atoms with van der Waals surface area (Å²) >= 11 is 0. The number of aliphatic hydroxyl groups is 1. The lowest BCUT2D eigenvalue weighted by Gasteiger charge is -2.32. The molecule has 1 aromatic rings. The topological polar surface area (TPSA) is 46.2 Å². The molecule has 1 aliphatic rings. The van der Waals surface area contributed by atoms with Crippen molar-refractivity contribution in [2.45, 2.75) is 25.0 Å². The van der Waals surface area contributed by atoms with E-state index in [1.165, 1.54) is 11.1 Å². The molecule has 0 heterocycles. The van der Waals surface area contributed by atoms with Crippen molar-refractivity contribution in [3.63, 3.8) is 0 Å². The number of nitrogens with two attached hydrogens (primary N) is 1. The summed E-state index contributed by atoms with van der Waals surface area (Å²) in [5.41, 5.74) is 7.89. The molecular formula is C12H15NO. The average molecular weight is 189 g/mol. The first-order valence-corrected chi connectivity index (χ1v) is 4.86. The number of rotatable bonds is 1. The Bertz CT molecular complexity index is 370. The molecule has 0 aromatic heterocycles. The molecule has 0 radical (unpaired) electrons. The van der Waals surface area contributed by atoms with Crippen molar-refractivity contribution in [1.82, 2.24) is 0 Å². The monoisotopic (exact) mass is 189 g/mol. The summed E-state index contributed by atoms with van der Waals surface area (Å²) in [6.07, 6.45) is 4.08. The molecule has 0 amide bonds. The molecule has 0 aliphatic heterocycles. The van der Waals surface area contributed by atoms with Crippen LogP contribution in [-0.2, 0) is 6.42 Å². The maximum absolute atomic E-state index is 9.59. The van der Waals surface area contributed by atoms with Crippen LogP contribution in [0.3, 0.4) is 0 Å². The van der Waals surface area contributed by atoms with Gasteiger partial charge in [-0.1, -0.05) is 36.4 Å². The van der Waals surface area contributed by atoms with Crippen LogP contribution in [0.25, 0.3) is 6.08 Å². The number of benzene rings is 1. The molecule has 0 spiro atoms. The molecule has 2 unspecified atom stereocenters. The zero-order valence-corrected chi connectivity index (χ0v) is 8.27. The zero-order chi connectivity index (χ0) is 10.2. The van der Waals surface area contributed by atoms with Crippen LogP contribution in [0.1, 0.15) is 18.1 Å². The average Bonchev–Trinajstić information content (AvgIpc) is 2.17. The van der Waals surface area contributed by atoms with Crippen molar-refractivity contribution in [3.8, 4) is 0 Å². The molecule has 1 aliphatic carbocycles. The Hall–Kier alpha value is -1.12. The van der Waals surface area contributed by atoms with Crippen LogP contribution < -0.4 is 5.73 Å². The standard InChI is InChI=1S/C12H15NO/c1-9(14)12(13)7-6-10-4-2-3-5-11(10)8-12/h2-7,9,14H,8,13H2,1H3. The van der Waals surface area contributed by atoms with E-state index in [0.29, 0.717) is 6.42 Å². The minimum atomic E-state index is -0.603. The van der Waals surface area contributed by atoms with Gasteiger partial charge in [-0.3, -0.25) is 0 Å². The van der Waals surface area contributed by atoms with Crippen molar-refractivity contribution in [2.75, 3.05) is 0 Å². The molecule has 0 fully saturated rings. The van der Waals surface area contributed by atoms with E-state index in [2.05, 4.69) is 12.1 Å². The highest BCUT2D eigenvalue weighted by Crippen LogP contribution is 2.26. The lowest BCUT2D eigenvalue weighted by molar-refractivity contribution is 0.127. The van der Waals surface area contributed by atoms with Crippen molar-refractivity contribution in [1.29, 1.82) is 0 Å². The third-order valence-corrected chi connectivity index (χ3v) is 2.90. The third-order valence-electron chi connectivity index (χ3n) is 2.90. The van der Waals surface area contributed by atoms with Gasteiger partial charge in [0.2, 0.25) is 0 Å². The lowest BCUT2D eigenvalue weighted by Crippen LogP contribution is -2.50. The van der Waals surface area contributed by atoms with E-state index >= 15 is 0 Å². The van der Waals surface area contributed by atoms with Crippen LogP contribution in [0, 0.1) is 0 Å². The second-order valence-electron chi connectivity index (χ2n) is 4.00. The molecule has 2 heteroatoms. The Balaban J connectivity index is 2.38. The van der Waals surface area contributed by atoms with Crippen LogP contribution >= 0.6 is 0 Å². The molecule has 14 heavy (non-hydrogen) atoms. The van der Waals surface area contributed by atoms with Gasteiger partial charge in [0.25, 0.3) is 0 Å². The summed E-state index contributed by atoms with van der Waals surface area (Å²) in [6, 6.07) is 8.13. The molecular weight excluding hydrogens is 174 g/mol. The lowest BCUT2D eigenvalue weighted by atomic mass is 9.81. The summed E-state index contributed by atoms with van der Waals surface area (Å²) < 4.78 is 0. The quantitative estimate of drug-likeness (QED) is 0.700. The summed E-state index contributed by atoms with van der Waals surface area (Å²) in [7, 11) is 0. The molecule has 0 saturated heterocycles. The fourth-order valence-corrected chi connectivity index (χ4v) is 1.78. The minimum absolute atomic E-state index is 0.521. The summed E-state index contributed by atoms with van der Waals surface area (Å²) in [6.45, 7) is 1.73.